The largest absolute Gasteiger partial charge is 0.378 e. The zero-order chi connectivity index (χ0) is 11.4. The predicted molar refractivity (Wildman–Crippen MR) is 61.3 cm³/mol. The fourth-order valence-corrected chi connectivity index (χ4v) is 2.19. The van der Waals surface area contributed by atoms with Gasteiger partial charge in [-0.05, 0) is 33.0 Å². The highest BCUT2D eigenvalue weighted by Crippen LogP contribution is 2.08. The van der Waals surface area contributed by atoms with Gasteiger partial charge in [0.15, 0.2) is 0 Å². The van der Waals surface area contributed by atoms with Crippen LogP contribution in [0.25, 0.3) is 0 Å². The number of piperidine rings is 1. The zero-order valence-corrected chi connectivity index (χ0v) is 9.87. The van der Waals surface area contributed by atoms with Gasteiger partial charge in [-0.15, -0.1) is 0 Å². The Morgan fingerprint density at radius 3 is 2.81 bits per heavy atom. The van der Waals surface area contributed by atoms with E-state index in [0.717, 1.165) is 32.5 Å². The Labute approximate surface area is 96.5 Å². The molecule has 0 radical (unpaired) electrons. The van der Waals surface area contributed by atoms with E-state index in [9.17, 15) is 4.79 Å². The van der Waals surface area contributed by atoms with Crippen molar-refractivity contribution in [1.29, 1.82) is 0 Å². The Morgan fingerprint density at radius 1 is 1.44 bits per heavy atom. The van der Waals surface area contributed by atoms with Gasteiger partial charge in [-0.1, -0.05) is 0 Å². The van der Waals surface area contributed by atoms with Crippen LogP contribution < -0.4 is 10.6 Å². The molecule has 2 aliphatic rings. The van der Waals surface area contributed by atoms with E-state index in [0.29, 0.717) is 19.3 Å². The first kappa shape index (κ1) is 11.8. The summed E-state index contributed by atoms with van der Waals surface area (Å²) in [4.78, 5) is 14.2. The van der Waals surface area contributed by atoms with Crippen LogP contribution >= 0.6 is 0 Å². The normalized spacial score (nSPS) is 28.9. The molecule has 2 rings (SSSR count). The van der Waals surface area contributed by atoms with Gasteiger partial charge in [0.2, 0.25) is 5.91 Å². The summed E-state index contributed by atoms with van der Waals surface area (Å²) in [7, 11) is 2.12. The summed E-state index contributed by atoms with van der Waals surface area (Å²) in [6.45, 7) is 4.11. The zero-order valence-electron chi connectivity index (χ0n) is 9.87. The number of nitrogens with zero attached hydrogens (tertiary/aromatic N) is 1. The minimum Gasteiger partial charge on any atom is -0.378 e. The van der Waals surface area contributed by atoms with Crippen LogP contribution in [0.1, 0.15) is 12.8 Å². The smallest absolute Gasteiger partial charge is 0.239 e. The van der Waals surface area contributed by atoms with Gasteiger partial charge in [0, 0.05) is 12.6 Å². The lowest BCUT2D eigenvalue weighted by molar-refractivity contribution is -0.126. The Hall–Kier alpha value is -0.650. The van der Waals surface area contributed by atoms with Crippen LogP contribution in [0, 0.1) is 0 Å². The molecule has 1 amide bonds. The van der Waals surface area contributed by atoms with E-state index in [1.165, 1.54) is 0 Å². The van der Waals surface area contributed by atoms with Crippen molar-refractivity contribution < 1.29 is 9.53 Å². The van der Waals surface area contributed by atoms with Crippen molar-refractivity contribution >= 4 is 5.91 Å². The number of ether oxygens (including phenoxy) is 1. The van der Waals surface area contributed by atoms with Crippen molar-refractivity contribution in [3.63, 3.8) is 0 Å². The molecule has 0 aromatic heterocycles. The third kappa shape index (κ3) is 3.17. The lowest BCUT2D eigenvalue weighted by atomic mass is 10.1. The van der Waals surface area contributed by atoms with Crippen LogP contribution in [0.3, 0.4) is 0 Å². The monoisotopic (exact) mass is 227 g/mol. The molecule has 2 fully saturated rings. The highest BCUT2D eigenvalue weighted by molar-refractivity contribution is 5.82. The second-order valence-electron chi connectivity index (χ2n) is 4.67. The fourth-order valence-electron chi connectivity index (χ4n) is 2.19. The quantitative estimate of drug-likeness (QED) is 0.647. The van der Waals surface area contributed by atoms with Crippen LogP contribution in [0.5, 0.6) is 0 Å². The van der Waals surface area contributed by atoms with Gasteiger partial charge >= 0.3 is 0 Å². The van der Waals surface area contributed by atoms with Crippen molar-refractivity contribution in [3.05, 3.63) is 0 Å². The topological polar surface area (TPSA) is 53.6 Å². The predicted octanol–water partition coefficient (Wildman–Crippen LogP) is -0.815. The SMILES string of the molecule is CN1CCC(NC(=O)C2COCCN2)CC1. The Balaban J connectivity index is 1.73. The van der Waals surface area contributed by atoms with Crippen molar-refractivity contribution in [3.8, 4) is 0 Å². The molecular weight excluding hydrogens is 206 g/mol. The Kier molecular flexibility index (Phi) is 4.15. The van der Waals surface area contributed by atoms with Gasteiger partial charge in [-0.25, -0.2) is 0 Å². The molecule has 1 unspecified atom stereocenters. The van der Waals surface area contributed by atoms with Gasteiger partial charge in [0.1, 0.15) is 6.04 Å². The summed E-state index contributed by atoms with van der Waals surface area (Å²) in [6.07, 6.45) is 2.10. The molecule has 0 saturated carbocycles. The van der Waals surface area contributed by atoms with E-state index >= 15 is 0 Å². The maximum Gasteiger partial charge on any atom is 0.239 e. The lowest BCUT2D eigenvalue weighted by Gasteiger charge is -2.31. The van der Waals surface area contributed by atoms with Gasteiger partial charge in [-0.2, -0.15) is 0 Å². The van der Waals surface area contributed by atoms with E-state index in [1.54, 1.807) is 0 Å². The molecule has 2 aliphatic heterocycles. The number of likely N-dealkylation sites (tertiary alicyclic amines) is 1. The third-order valence-electron chi connectivity index (χ3n) is 3.30. The maximum atomic E-state index is 11.9. The first-order valence-corrected chi connectivity index (χ1v) is 6.06. The molecular formula is C11H21N3O2. The summed E-state index contributed by atoms with van der Waals surface area (Å²) in [5, 5.41) is 6.27. The third-order valence-corrected chi connectivity index (χ3v) is 3.30. The van der Waals surface area contributed by atoms with E-state index in [1.807, 2.05) is 0 Å². The number of amides is 1. The minimum absolute atomic E-state index is 0.0919. The summed E-state index contributed by atoms with van der Waals surface area (Å²) in [5.41, 5.74) is 0. The van der Waals surface area contributed by atoms with Crippen LogP contribution in [0.4, 0.5) is 0 Å². The summed E-state index contributed by atoms with van der Waals surface area (Å²) in [5.74, 6) is 0.0919. The minimum atomic E-state index is -0.159. The average molecular weight is 227 g/mol. The van der Waals surface area contributed by atoms with Crippen LogP contribution in [-0.4, -0.2) is 62.8 Å². The van der Waals surface area contributed by atoms with Crippen molar-refractivity contribution in [2.45, 2.75) is 24.9 Å². The molecule has 2 heterocycles. The van der Waals surface area contributed by atoms with E-state index in [4.69, 9.17) is 4.74 Å². The molecule has 0 aromatic carbocycles. The second-order valence-corrected chi connectivity index (χ2v) is 4.67. The van der Waals surface area contributed by atoms with Crippen molar-refractivity contribution in [2.75, 3.05) is 39.9 Å². The highest BCUT2D eigenvalue weighted by atomic mass is 16.5. The van der Waals surface area contributed by atoms with Crippen molar-refractivity contribution in [2.24, 2.45) is 0 Å². The van der Waals surface area contributed by atoms with Crippen LogP contribution in [-0.2, 0) is 9.53 Å². The molecule has 16 heavy (non-hydrogen) atoms. The van der Waals surface area contributed by atoms with Crippen LogP contribution in [0.2, 0.25) is 0 Å². The summed E-state index contributed by atoms with van der Waals surface area (Å²) < 4.78 is 5.28. The molecule has 0 aliphatic carbocycles. The molecule has 5 heteroatoms. The molecule has 0 bridgehead atoms. The number of hydrogen-bond acceptors (Lipinski definition) is 4. The maximum absolute atomic E-state index is 11.9. The van der Waals surface area contributed by atoms with Gasteiger partial charge in [-0.3, -0.25) is 4.79 Å². The molecule has 0 aromatic rings. The molecule has 0 spiro atoms. The van der Waals surface area contributed by atoms with Crippen molar-refractivity contribution in [1.82, 2.24) is 15.5 Å². The average Bonchev–Trinajstić information content (AvgIpc) is 2.33. The first-order valence-electron chi connectivity index (χ1n) is 6.06. The second kappa shape index (κ2) is 5.61. The lowest BCUT2D eigenvalue weighted by Crippen LogP contribution is -2.54. The van der Waals surface area contributed by atoms with Gasteiger partial charge < -0.3 is 20.3 Å². The summed E-state index contributed by atoms with van der Waals surface area (Å²) >= 11 is 0. The summed E-state index contributed by atoms with van der Waals surface area (Å²) in [6, 6.07) is 0.181. The fraction of sp³-hybridized carbons (Fsp3) is 0.909. The van der Waals surface area contributed by atoms with Crippen LogP contribution in [0.15, 0.2) is 0 Å². The Bertz CT molecular complexity index is 233. The standard InChI is InChI=1S/C11H21N3O2/c1-14-5-2-9(3-6-14)13-11(15)10-8-16-7-4-12-10/h9-10,12H,2-8H2,1H3,(H,13,15). The number of rotatable bonds is 2. The first-order chi connectivity index (χ1) is 7.75. The van der Waals surface area contributed by atoms with E-state index < -0.39 is 0 Å². The number of nitrogens with one attached hydrogen (secondary N) is 2. The molecule has 1 atom stereocenters. The number of carbonyl (C=O) groups is 1. The van der Waals surface area contributed by atoms with Gasteiger partial charge in [0.25, 0.3) is 0 Å². The molecule has 2 N–H and O–H groups in total. The number of carbonyl (C=O) groups excluding carboxylic acids is 1. The van der Waals surface area contributed by atoms with E-state index in [2.05, 4.69) is 22.6 Å². The van der Waals surface area contributed by atoms with Gasteiger partial charge in [0.05, 0.1) is 13.2 Å². The Morgan fingerprint density at radius 2 is 2.19 bits per heavy atom. The number of hydrogen-bond donors (Lipinski definition) is 2. The molecule has 92 valence electrons. The molecule has 5 nitrogen and oxygen atoms in total. The number of morpholine rings is 1. The highest BCUT2D eigenvalue weighted by Gasteiger charge is 2.24. The van der Waals surface area contributed by atoms with E-state index in [-0.39, 0.29) is 11.9 Å². The molecule has 2 saturated heterocycles.